The Balaban J connectivity index is 0.00000288. The van der Waals surface area contributed by atoms with E-state index in [0.717, 1.165) is 5.56 Å². The smallest absolute Gasteiger partial charge is 0.274 e. The molecule has 0 radical (unpaired) electrons. The van der Waals surface area contributed by atoms with Gasteiger partial charge in [-0.3, -0.25) is 15.1 Å². The first-order valence-corrected chi connectivity index (χ1v) is 7.39. The number of aliphatic imine (C=N–C) groups is 1. The van der Waals surface area contributed by atoms with Crippen molar-refractivity contribution in [2.45, 2.75) is 13.1 Å². The first kappa shape index (κ1) is 20.2. The largest absolute Gasteiger partial charge is 0.352 e. The van der Waals surface area contributed by atoms with E-state index >= 15 is 0 Å². The molecule has 0 aromatic heterocycles. The lowest BCUT2D eigenvalue weighted by molar-refractivity contribution is -0.385. The lowest BCUT2D eigenvalue weighted by Gasteiger charge is -2.12. The van der Waals surface area contributed by atoms with Crippen LogP contribution >= 0.6 is 35.6 Å². The molecule has 0 aliphatic rings. The molecule has 8 heteroatoms. The number of rotatable bonds is 5. The van der Waals surface area contributed by atoms with Gasteiger partial charge in [0.15, 0.2) is 5.96 Å². The summed E-state index contributed by atoms with van der Waals surface area (Å²) in [5.74, 6) is 0.568. The predicted molar refractivity (Wildman–Crippen MR) is 107 cm³/mol. The summed E-state index contributed by atoms with van der Waals surface area (Å²) in [5.41, 5.74) is 1.75. The van der Waals surface area contributed by atoms with Gasteiger partial charge in [0.1, 0.15) is 0 Å². The molecule has 0 heterocycles. The number of guanidine groups is 1. The van der Waals surface area contributed by atoms with Gasteiger partial charge in [-0.05, 0) is 17.7 Å². The molecule has 0 bridgehead atoms. The summed E-state index contributed by atoms with van der Waals surface area (Å²) in [4.78, 5) is 14.7. The number of para-hydroxylation sites is 1. The van der Waals surface area contributed by atoms with Crippen LogP contribution in [0.2, 0.25) is 5.02 Å². The average molecular weight is 461 g/mol. The van der Waals surface area contributed by atoms with Crippen molar-refractivity contribution in [2.24, 2.45) is 4.99 Å². The molecule has 0 atom stereocenters. The molecule has 2 N–H and O–H groups in total. The van der Waals surface area contributed by atoms with E-state index in [9.17, 15) is 10.1 Å². The van der Waals surface area contributed by atoms with Crippen LogP contribution in [0, 0.1) is 10.1 Å². The van der Waals surface area contributed by atoms with Gasteiger partial charge in [0, 0.05) is 36.8 Å². The molecule has 0 saturated carbocycles. The molecule has 0 fully saturated rings. The molecule has 24 heavy (non-hydrogen) atoms. The van der Waals surface area contributed by atoms with E-state index in [1.54, 1.807) is 25.2 Å². The molecule has 0 amide bonds. The molecule has 0 spiro atoms. The molecule has 2 aromatic rings. The Kier molecular flexibility index (Phi) is 8.48. The second-order valence-electron chi connectivity index (χ2n) is 4.79. The van der Waals surface area contributed by atoms with Crippen LogP contribution in [-0.4, -0.2) is 17.9 Å². The Hall–Kier alpha value is -1.87. The fourth-order valence-corrected chi connectivity index (χ4v) is 2.15. The maximum atomic E-state index is 11.0. The summed E-state index contributed by atoms with van der Waals surface area (Å²) in [5, 5.41) is 17.9. The highest BCUT2D eigenvalue weighted by Crippen LogP contribution is 2.17. The molecule has 0 saturated heterocycles. The lowest BCUT2D eigenvalue weighted by atomic mass is 10.2. The molecule has 128 valence electrons. The second kappa shape index (κ2) is 10.1. The van der Waals surface area contributed by atoms with Crippen molar-refractivity contribution in [3.8, 4) is 0 Å². The number of hydrogen-bond acceptors (Lipinski definition) is 3. The summed E-state index contributed by atoms with van der Waals surface area (Å²) in [6.07, 6.45) is 0. The molecule has 0 aliphatic heterocycles. The van der Waals surface area contributed by atoms with Crippen molar-refractivity contribution in [1.29, 1.82) is 0 Å². The zero-order valence-electron chi connectivity index (χ0n) is 13.0. The third-order valence-electron chi connectivity index (χ3n) is 3.23. The van der Waals surface area contributed by atoms with E-state index in [1.807, 2.05) is 24.3 Å². The first-order chi connectivity index (χ1) is 11.1. The molecule has 0 aliphatic carbocycles. The highest BCUT2D eigenvalue weighted by atomic mass is 127. The fourth-order valence-electron chi connectivity index (χ4n) is 2.03. The Bertz CT molecular complexity index is 707. The van der Waals surface area contributed by atoms with Crippen molar-refractivity contribution < 1.29 is 4.92 Å². The van der Waals surface area contributed by atoms with Gasteiger partial charge in [0.2, 0.25) is 0 Å². The van der Waals surface area contributed by atoms with Gasteiger partial charge in [-0.1, -0.05) is 41.9 Å². The van der Waals surface area contributed by atoms with E-state index in [4.69, 9.17) is 11.6 Å². The summed E-state index contributed by atoms with van der Waals surface area (Å²) in [7, 11) is 1.65. The first-order valence-electron chi connectivity index (χ1n) is 7.01. The normalized spacial score (nSPS) is 10.7. The number of nitrogens with one attached hydrogen (secondary N) is 2. The van der Waals surface area contributed by atoms with Gasteiger partial charge < -0.3 is 10.6 Å². The number of halogens is 2. The quantitative estimate of drug-likeness (QED) is 0.234. The maximum absolute atomic E-state index is 11.0. The summed E-state index contributed by atoms with van der Waals surface area (Å²) in [6.45, 7) is 0.894. The fraction of sp³-hybridized carbons (Fsp3) is 0.188. The lowest BCUT2D eigenvalue weighted by Crippen LogP contribution is -2.36. The molecule has 6 nitrogen and oxygen atoms in total. The number of hydrogen-bond donors (Lipinski definition) is 2. The van der Waals surface area contributed by atoms with Crippen LogP contribution in [-0.2, 0) is 13.1 Å². The van der Waals surface area contributed by atoms with E-state index in [-0.39, 0.29) is 34.6 Å². The van der Waals surface area contributed by atoms with Crippen molar-refractivity contribution >= 4 is 47.2 Å². The van der Waals surface area contributed by atoms with Crippen LogP contribution in [0.5, 0.6) is 0 Å². The van der Waals surface area contributed by atoms with Crippen molar-refractivity contribution in [3.63, 3.8) is 0 Å². The zero-order chi connectivity index (χ0) is 16.7. The molecule has 2 aromatic carbocycles. The average Bonchev–Trinajstić information content (AvgIpc) is 2.56. The number of nitrogens with zero attached hydrogens (tertiary/aromatic N) is 2. The molecule has 0 unspecified atom stereocenters. The minimum atomic E-state index is -0.388. The minimum absolute atomic E-state index is 0. The third kappa shape index (κ3) is 5.97. The topological polar surface area (TPSA) is 79.6 Å². The molecule has 2 rings (SSSR count). The number of nitro groups is 1. The highest BCUT2D eigenvalue weighted by molar-refractivity contribution is 14.0. The van der Waals surface area contributed by atoms with E-state index in [2.05, 4.69) is 15.6 Å². The summed E-state index contributed by atoms with van der Waals surface area (Å²) < 4.78 is 0. The third-order valence-corrected chi connectivity index (χ3v) is 3.48. The van der Waals surface area contributed by atoms with Crippen LogP contribution in [0.25, 0.3) is 0 Å². The van der Waals surface area contributed by atoms with Crippen LogP contribution in [0.1, 0.15) is 11.1 Å². The van der Waals surface area contributed by atoms with E-state index in [0.29, 0.717) is 29.6 Å². The Morgan fingerprint density at radius 1 is 1.12 bits per heavy atom. The van der Waals surface area contributed by atoms with Crippen LogP contribution < -0.4 is 10.6 Å². The number of nitro benzene ring substituents is 1. The Labute approximate surface area is 162 Å². The minimum Gasteiger partial charge on any atom is -0.352 e. The predicted octanol–water partition coefficient (Wildman–Crippen LogP) is 3.73. The maximum Gasteiger partial charge on any atom is 0.274 e. The SMILES string of the molecule is CN=C(NCc1ccc(Cl)cc1)NCc1ccccc1[N+](=O)[O-].I. The molecular formula is C16H18ClIN4O2. The van der Waals surface area contributed by atoms with E-state index in [1.165, 1.54) is 6.07 Å². The Morgan fingerprint density at radius 2 is 1.75 bits per heavy atom. The van der Waals surface area contributed by atoms with Crippen LogP contribution in [0.3, 0.4) is 0 Å². The standard InChI is InChI=1S/C16H17ClN4O2.HI/c1-18-16(19-10-12-6-8-14(17)9-7-12)20-11-13-4-2-3-5-15(13)21(22)23;/h2-9H,10-11H2,1H3,(H2,18,19,20);1H. The second-order valence-corrected chi connectivity index (χ2v) is 5.23. The van der Waals surface area contributed by atoms with Gasteiger partial charge in [0.25, 0.3) is 5.69 Å². The number of benzene rings is 2. The van der Waals surface area contributed by atoms with Gasteiger partial charge in [-0.2, -0.15) is 0 Å². The van der Waals surface area contributed by atoms with Crippen LogP contribution in [0.4, 0.5) is 5.69 Å². The van der Waals surface area contributed by atoms with Gasteiger partial charge in [0.05, 0.1) is 4.92 Å². The van der Waals surface area contributed by atoms with Gasteiger partial charge in [-0.25, -0.2) is 0 Å². The highest BCUT2D eigenvalue weighted by Gasteiger charge is 2.12. The van der Waals surface area contributed by atoms with Crippen molar-refractivity contribution in [2.75, 3.05) is 7.05 Å². The van der Waals surface area contributed by atoms with Crippen molar-refractivity contribution in [3.05, 3.63) is 74.8 Å². The monoisotopic (exact) mass is 460 g/mol. The summed E-state index contributed by atoms with van der Waals surface area (Å²) >= 11 is 5.85. The van der Waals surface area contributed by atoms with Crippen LogP contribution in [0.15, 0.2) is 53.5 Å². The van der Waals surface area contributed by atoms with Crippen molar-refractivity contribution in [1.82, 2.24) is 10.6 Å². The zero-order valence-corrected chi connectivity index (χ0v) is 16.1. The van der Waals surface area contributed by atoms with Gasteiger partial charge >= 0.3 is 0 Å². The van der Waals surface area contributed by atoms with Gasteiger partial charge in [-0.15, -0.1) is 24.0 Å². The Morgan fingerprint density at radius 3 is 2.38 bits per heavy atom. The molecular weight excluding hydrogens is 443 g/mol. The summed E-state index contributed by atoms with van der Waals surface area (Å²) in [6, 6.07) is 14.1. The van der Waals surface area contributed by atoms with E-state index < -0.39 is 0 Å².